The number of hydrogen-bond donors (Lipinski definition) is 0. The van der Waals surface area contributed by atoms with Crippen LogP contribution in [-0.4, -0.2) is 37.2 Å². The van der Waals surface area contributed by atoms with Crippen LogP contribution in [0.2, 0.25) is 0 Å². The molecule has 0 bridgehead atoms. The van der Waals surface area contributed by atoms with Gasteiger partial charge in [0.15, 0.2) is 6.10 Å². The predicted molar refractivity (Wildman–Crippen MR) is 206 cm³/mol. The summed E-state index contributed by atoms with van der Waals surface area (Å²) in [7, 11) is 0. The van der Waals surface area contributed by atoms with Gasteiger partial charge in [-0.05, 0) is 25.2 Å². The fourth-order valence-corrected chi connectivity index (χ4v) is 6.24. The van der Waals surface area contributed by atoms with Gasteiger partial charge in [-0.2, -0.15) is 0 Å². The lowest BCUT2D eigenvalue weighted by molar-refractivity contribution is -0.167. The van der Waals surface area contributed by atoms with Gasteiger partial charge >= 0.3 is 17.9 Å². The minimum absolute atomic E-state index is 0.0648. The van der Waals surface area contributed by atoms with E-state index in [0.717, 1.165) is 63.7 Å². The van der Waals surface area contributed by atoms with Crippen LogP contribution in [0.5, 0.6) is 0 Å². The zero-order valence-electron chi connectivity index (χ0n) is 33.1. The van der Waals surface area contributed by atoms with E-state index in [1.54, 1.807) is 0 Å². The second-order valence-corrected chi connectivity index (χ2v) is 14.9. The average Bonchev–Trinajstić information content (AvgIpc) is 3.10. The van der Waals surface area contributed by atoms with E-state index < -0.39 is 6.10 Å². The number of ether oxygens (including phenoxy) is 3. The smallest absolute Gasteiger partial charge is 0.306 e. The molecule has 0 aliphatic heterocycles. The molecular formula is C43H82O6. The van der Waals surface area contributed by atoms with E-state index in [9.17, 15) is 14.4 Å². The molecule has 0 aromatic carbocycles. The first-order chi connectivity index (χ1) is 23.9. The summed E-state index contributed by atoms with van der Waals surface area (Å²) in [5, 5.41) is 0. The quantitative estimate of drug-likeness (QED) is 0.0364. The molecule has 0 aromatic rings. The van der Waals surface area contributed by atoms with Gasteiger partial charge in [-0.1, -0.05) is 195 Å². The summed E-state index contributed by atoms with van der Waals surface area (Å²) in [6, 6.07) is 0. The van der Waals surface area contributed by atoms with Crippen molar-refractivity contribution < 1.29 is 28.6 Å². The maximum atomic E-state index is 12.6. The third kappa shape index (κ3) is 36.0. The average molecular weight is 695 g/mol. The van der Waals surface area contributed by atoms with Crippen molar-refractivity contribution in [3.05, 3.63) is 0 Å². The van der Waals surface area contributed by atoms with Gasteiger partial charge in [0.05, 0.1) is 0 Å². The molecule has 0 amide bonds. The van der Waals surface area contributed by atoms with Crippen molar-refractivity contribution in [3.8, 4) is 0 Å². The van der Waals surface area contributed by atoms with Crippen LogP contribution >= 0.6 is 0 Å². The molecule has 6 heteroatoms. The number of esters is 3. The highest BCUT2D eigenvalue weighted by atomic mass is 16.6. The number of rotatable bonds is 38. The van der Waals surface area contributed by atoms with Crippen molar-refractivity contribution in [1.82, 2.24) is 0 Å². The summed E-state index contributed by atoms with van der Waals surface area (Å²) >= 11 is 0. The minimum Gasteiger partial charge on any atom is -0.462 e. The van der Waals surface area contributed by atoms with Crippen LogP contribution < -0.4 is 0 Å². The van der Waals surface area contributed by atoms with E-state index in [1.807, 2.05) is 0 Å². The van der Waals surface area contributed by atoms with Gasteiger partial charge in [0.2, 0.25) is 0 Å². The van der Waals surface area contributed by atoms with Gasteiger partial charge in [0.1, 0.15) is 13.2 Å². The maximum absolute atomic E-state index is 12.6. The molecule has 0 aromatic heterocycles. The first kappa shape index (κ1) is 47.4. The van der Waals surface area contributed by atoms with E-state index in [-0.39, 0.29) is 31.1 Å². The van der Waals surface area contributed by atoms with Crippen molar-refractivity contribution in [2.75, 3.05) is 13.2 Å². The zero-order valence-corrected chi connectivity index (χ0v) is 33.1. The third-order valence-corrected chi connectivity index (χ3v) is 9.90. The molecule has 0 spiro atoms. The van der Waals surface area contributed by atoms with Gasteiger partial charge in [-0.25, -0.2) is 0 Å². The Labute approximate surface area is 304 Å². The molecule has 0 heterocycles. The predicted octanol–water partition coefficient (Wildman–Crippen LogP) is 13.2. The van der Waals surface area contributed by atoms with Crippen molar-refractivity contribution in [2.45, 2.75) is 239 Å². The van der Waals surface area contributed by atoms with Crippen molar-refractivity contribution in [1.29, 1.82) is 0 Å². The number of hydrogen-bond acceptors (Lipinski definition) is 6. The highest BCUT2D eigenvalue weighted by Crippen LogP contribution is 2.16. The Hall–Kier alpha value is -1.59. The molecule has 49 heavy (non-hydrogen) atoms. The molecule has 290 valence electrons. The number of unbranched alkanes of at least 4 members (excludes halogenated alkanes) is 24. The zero-order chi connectivity index (χ0) is 36.0. The van der Waals surface area contributed by atoms with Crippen LogP contribution in [0.25, 0.3) is 0 Å². The molecular weight excluding hydrogens is 612 g/mol. The molecule has 0 saturated carbocycles. The largest absolute Gasteiger partial charge is 0.462 e. The van der Waals surface area contributed by atoms with Crippen molar-refractivity contribution in [3.63, 3.8) is 0 Å². The monoisotopic (exact) mass is 695 g/mol. The van der Waals surface area contributed by atoms with E-state index >= 15 is 0 Å². The fourth-order valence-electron chi connectivity index (χ4n) is 6.24. The van der Waals surface area contributed by atoms with Crippen LogP contribution in [0.1, 0.15) is 233 Å². The van der Waals surface area contributed by atoms with Gasteiger partial charge < -0.3 is 14.2 Å². The number of carbonyl (C=O) groups is 3. The Morgan fingerprint density at radius 3 is 1.06 bits per heavy atom. The van der Waals surface area contributed by atoms with Gasteiger partial charge in [0.25, 0.3) is 0 Å². The van der Waals surface area contributed by atoms with Crippen LogP contribution in [0.15, 0.2) is 0 Å². The summed E-state index contributed by atoms with van der Waals surface area (Å²) < 4.78 is 16.6. The van der Waals surface area contributed by atoms with Crippen molar-refractivity contribution >= 4 is 17.9 Å². The van der Waals surface area contributed by atoms with E-state index in [2.05, 4.69) is 27.7 Å². The highest BCUT2D eigenvalue weighted by molar-refractivity contribution is 5.71. The van der Waals surface area contributed by atoms with Crippen LogP contribution in [0, 0.1) is 5.92 Å². The Kier molecular flexibility index (Phi) is 36.4. The Bertz CT molecular complexity index is 738. The second kappa shape index (κ2) is 37.7. The lowest BCUT2D eigenvalue weighted by Crippen LogP contribution is -2.30. The molecule has 0 radical (unpaired) electrons. The van der Waals surface area contributed by atoms with Crippen LogP contribution in [0.3, 0.4) is 0 Å². The molecule has 0 rings (SSSR count). The van der Waals surface area contributed by atoms with E-state index in [1.165, 1.54) is 128 Å². The normalized spacial score (nSPS) is 12.5. The molecule has 0 aliphatic carbocycles. The lowest BCUT2D eigenvalue weighted by Gasteiger charge is -2.18. The Morgan fingerprint density at radius 1 is 0.408 bits per heavy atom. The van der Waals surface area contributed by atoms with Crippen LogP contribution in [0.4, 0.5) is 0 Å². The third-order valence-electron chi connectivity index (χ3n) is 9.90. The maximum Gasteiger partial charge on any atom is 0.306 e. The summed E-state index contributed by atoms with van der Waals surface area (Å²) in [5.74, 6) is -0.0152. The summed E-state index contributed by atoms with van der Waals surface area (Å²) in [5.41, 5.74) is 0. The highest BCUT2D eigenvalue weighted by Gasteiger charge is 2.19. The molecule has 0 N–H and O–H groups in total. The SMILES string of the molecule is CCCCCCCCCCCCC(=O)OC[C@@H](COC(=O)CCCCCCCCCCC(C)CC)OC(=O)CCCCCCCCCCC. The minimum atomic E-state index is -0.757. The van der Waals surface area contributed by atoms with E-state index in [0.29, 0.717) is 19.3 Å². The van der Waals surface area contributed by atoms with E-state index in [4.69, 9.17) is 14.2 Å². The Balaban J connectivity index is 4.33. The number of carbonyl (C=O) groups excluding carboxylic acids is 3. The van der Waals surface area contributed by atoms with Crippen LogP contribution in [-0.2, 0) is 28.6 Å². The summed E-state index contributed by atoms with van der Waals surface area (Å²) in [4.78, 5) is 37.5. The molecule has 1 unspecified atom stereocenters. The first-order valence-electron chi connectivity index (χ1n) is 21.4. The topological polar surface area (TPSA) is 78.9 Å². The lowest BCUT2D eigenvalue weighted by atomic mass is 9.99. The molecule has 2 atom stereocenters. The summed E-state index contributed by atoms with van der Waals surface area (Å²) in [6.45, 7) is 8.96. The van der Waals surface area contributed by atoms with Gasteiger partial charge in [-0.15, -0.1) is 0 Å². The standard InChI is InChI=1S/C43H82O6/c1-5-8-10-12-14-16-18-22-26-30-34-41(44)47-37-40(49-43(46)36-32-28-24-17-15-13-11-9-6-2)38-48-42(45)35-31-27-23-20-19-21-25-29-33-39(4)7-3/h39-40H,5-38H2,1-4H3/t39?,40-/m0/s1. The molecule has 0 saturated heterocycles. The second-order valence-electron chi connectivity index (χ2n) is 14.9. The molecule has 6 nitrogen and oxygen atoms in total. The van der Waals surface area contributed by atoms with Gasteiger partial charge in [0, 0.05) is 19.3 Å². The fraction of sp³-hybridized carbons (Fsp3) is 0.930. The Morgan fingerprint density at radius 2 is 0.714 bits per heavy atom. The van der Waals surface area contributed by atoms with Crippen molar-refractivity contribution in [2.24, 2.45) is 5.92 Å². The van der Waals surface area contributed by atoms with Gasteiger partial charge in [-0.3, -0.25) is 14.4 Å². The molecule has 0 aliphatic rings. The molecule has 0 fully saturated rings. The summed E-state index contributed by atoms with van der Waals surface area (Å²) in [6.07, 6.45) is 35.1. The first-order valence-corrected chi connectivity index (χ1v) is 21.4.